The Kier molecular flexibility index (Phi) is 7.11. The third kappa shape index (κ3) is 4.10. The van der Waals surface area contributed by atoms with Crippen molar-refractivity contribution in [1.29, 1.82) is 5.26 Å². The summed E-state index contributed by atoms with van der Waals surface area (Å²) in [7, 11) is 0. The number of fused-ring (bicyclic) bond motifs is 1. The number of carbonyl (C=O) groups excluding carboxylic acids is 3. The summed E-state index contributed by atoms with van der Waals surface area (Å²) in [4.78, 5) is 51.7. The maximum Gasteiger partial charge on any atom is 0.250 e. The Balaban J connectivity index is 1.73. The van der Waals surface area contributed by atoms with Crippen LogP contribution in [-0.2, 0) is 15.3 Å². The second-order valence-corrected chi connectivity index (χ2v) is 10.6. The number of carbonyl (C=O) groups is 3. The number of aliphatic hydroxyl groups is 3. The fourth-order valence-corrected chi connectivity index (χ4v) is 5.89. The molecule has 0 saturated carbocycles. The summed E-state index contributed by atoms with van der Waals surface area (Å²) >= 11 is 0. The van der Waals surface area contributed by atoms with Crippen LogP contribution in [0.3, 0.4) is 0 Å². The largest absolute Gasteiger partial charge is 0.383 e. The molecule has 224 valence electrons. The van der Waals surface area contributed by atoms with Crippen LogP contribution in [-0.4, -0.2) is 65.0 Å². The molecule has 1 aliphatic rings. The van der Waals surface area contributed by atoms with Crippen LogP contribution < -0.4 is 5.73 Å². The van der Waals surface area contributed by atoms with Gasteiger partial charge in [0.15, 0.2) is 11.4 Å². The van der Waals surface area contributed by atoms with Gasteiger partial charge in [-0.1, -0.05) is 91.0 Å². The van der Waals surface area contributed by atoms with Gasteiger partial charge in [0, 0.05) is 17.3 Å². The van der Waals surface area contributed by atoms with Crippen LogP contribution in [0.4, 0.5) is 5.82 Å². The number of nitrogen functional groups attached to an aromatic ring is 1. The fraction of sp³-hybridized carbons (Fsp3) is 0.152. The van der Waals surface area contributed by atoms with Gasteiger partial charge in [0.05, 0.1) is 17.6 Å². The first-order chi connectivity index (χ1) is 21.6. The van der Waals surface area contributed by atoms with E-state index in [9.17, 15) is 35.0 Å². The summed E-state index contributed by atoms with van der Waals surface area (Å²) in [6.45, 7) is -1.08. The number of aromatic nitrogens is 3. The molecule has 6 rings (SSSR count). The maximum absolute atomic E-state index is 14.8. The number of Topliss-reactive ketones (excluding diaryl/α,β-unsaturated/α-hetero) is 3. The zero-order chi connectivity index (χ0) is 32.0. The van der Waals surface area contributed by atoms with Crippen molar-refractivity contribution in [2.75, 3.05) is 12.3 Å². The zero-order valence-corrected chi connectivity index (χ0v) is 23.4. The van der Waals surface area contributed by atoms with E-state index in [2.05, 4.69) is 9.97 Å². The van der Waals surface area contributed by atoms with Crippen LogP contribution in [0.1, 0.15) is 37.9 Å². The summed E-state index contributed by atoms with van der Waals surface area (Å²) in [6, 6.07) is 24.1. The predicted octanol–water partition coefficient (Wildman–Crippen LogP) is 2.10. The summed E-state index contributed by atoms with van der Waals surface area (Å²) in [6.07, 6.45) is 0.000558. The molecule has 5 N–H and O–H groups in total. The average molecular weight is 604 g/mol. The third-order valence-electron chi connectivity index (χ3n) is 8.12. The van der Waals surface area contributed by atoms with E-state index >= 15 is 0 Å². The monoisotopic (exact) mass is 603 g/mol. The smallest absolute Gasteiger partial charge is 0.250 e. The summed E-state index contributed by atoms with van der Waals surface area (Å²) in [5.74, 6) is -3.92. The Morgan fingerprint density at radius 3 is 2.02 bits per heavy atom. The van der Waals surface area contributed by atoms with Gasteiger partial charge in [-0.15, -0.1) is 0 Å². The quantitative estimate of drug-likeness (QED) is 0.189. The van der Waals surface area contributed by atoms with Crippen LogP contribution in [0.15, 0.2) is 104 Å². The van der Waals surface area contributed by atoms with E-state index in [1.54, 1.807) is 30.3 Å². The molecule has 1 saturated heterocycles. The van der Waals surface area contributed by atoms with E-state index in [4.69, 9.17) is 10.5 Å². The van der Waals surface area contributed by atoms with E-state index in [0.29, 0.717) is 0 Å². The number of anilines is 1. The van der Waals surface area contributed by atoms with Crippen LogP contribution in [0.5, 0.6) is 0 Å². The molecule has 3 heterocycles. The normalized spacial score (nSPS) is 23.3. The highest BCUT2D eigenvalue weighted by molar-refractivity contribution is 6.16. The highest BCUT2D eigenvalue weighted by Gasteiger charge is 2.80. The Hall–Kier alpha value is -5.58. The lowest BCUT2D eigenvalue weighted by Crippen LogP contribution is -2.73. The molecule has 3 aromatic carbocycles. The van der Waals surface area contributed by atoms with E-state index in [-0.39, 0.29) is 39.1 Å². The molecular weight excluding hydrogens is 578 g/mol. The molecule has 12 heteroatoms. The van der Waals surface area contributed by atoms with Crippen molar-refractivity contribution in [3.63, 3.8) is 0 Å². The van der Waals surface area contributed by atoms with Gasteiger partial charge >= 0.3 is 0 Å². The Morgan fingerprint density at radius 2 is 1.44 bits per heavy atom. The number of aliphatic hydroxyl groups excluding tert-OH is 1. The van der Waals surface area contributed by atoms with Gasteiger partial charge in [-0.2, -0.15) is 5.26 Å². The van der Waals surface area contributed by atoms with Crippen molar-refractivity contribution < 1.29 is 34.4 Å². The van der Waals surface area contributed by atoms with Crippen LogP contribution in [0, 0.1) is 11.3 Å². The van der Waals surface area contributed by atoms with Crippen LogP contribution >= 0.6 is 0 Å². The molecule has 1 aliphatic heterocycles. The van der Waals surface area contributed by atoms with Crippen molar-refractivity contribution in [2.45, 2.75) is 23.0 Å². The van der Waals surface area contributed by atoms with Crippen molar-refractivity contribution in [3.05, 3.63) is 126 Å². The number of benzene rings is 3. The van der Waals surface area contributed by atoms with E-state index in [0.717, 1.165) is 17.1 Å². The van der Waals surface area contributed by atoms with Crippen molar-refractivity contribution in [3.8, 4) is 6.07 Å². The van der Waals surface area contributed by atoms with Gasteiger partial charge in [0.2, 0.25) is 22.9 Å². The highest BCUT2D eigenvalue weighted by Crippen LogP contribution is 2.53. The standard InChI is InChI=1S/C33H25N5O7/c34-16-23-17-38(30-24(23)29(35)36-19-37-30)33(28(42)25(39)20-10-4-1-5-11-20)32(44,27(41)22-14-8-3-9-15-22)31(43,18-45-33)26(40)21-12-6-2-7-13-21/h1-15,17,19,25,39,43-44H,18H2,(H2,35,36,37)/t25?,31-,32+,33+/m1/s1. The summed E-state index contributed by atoms with van der Waals surface area (Å²) < 4.78 is 6.92. The van der Waals surface area contributed by atoms with Crippen molar-refractivity contribution in [2.24, 2.45) is 0 Å². The number of hydrogen-bond donors (Lipinski definition) is 4. The number of rotatable bonds is 8. The number of nitriles is 1. The molecule has 0 spiro atoms. The average Bonchev–Trinajstić information content (AvgIpc) is 3.59. The van der Waals surface area contributed by atoms with Gasteiger partial charge in [-0.05, 0) is 5.56 Å². The minimum Gasteiger partial charge on any atom is -0.383 e. The molecule has 0 bridgehead atoms. The van der Waals surface area contributed by atoms with Crippen LogP contribution in [0.25, 0.3) is 11.0 Å². The number of ether oxygens (including phenoxy) is 1. The molecule has 0 aliphatic carbocycles. The summed E-state index contributed by atoms with van der Waals surface area (Å²) in [5, 5.41) is 46.8. The van der Waals surface area contributed by atoms with Crippen molar-refractivity contribution >= 4 is 34.2 Å². The molecule has 45 heavy (non-hydrogen) atoms. The number of hydrogen-bond acceptors (Lipinski definition) is 11. The number of nitrogens with two attached hydrogens (primary N) is 1. The molecule has 1 fully saturated rings. The lowest BCUT2D eigenvalue weighted by molar-refractivity contribution is -0.192. The molecule has 2 aromatic heterocycles. The van der Waals surface area contributed by atoms with Gasteiger partial charge in [-0.3, -0.25) is 19.0 Å². The Bertz CT molecular complexity index is 1990. The van der Waals surface area contributed by atoms with Crippen LogP contribution in [0.2, 0.25) is 0 Å². The Labute approximate surface area is 255 Å². The minimum atomic E-state index is -3.47. The van der Waals surface area contributed by atoms with Gasteiger partial charge in [0.1, 0.15) is 30.0 Å². The van der Waals surface area contributed by atoms with E-state index < -0.39 is 47.0 Å². The Morgan fingerprint density at radius 1 is 0.889 bits per heavy atom. The van der Waals surface area contributed by atoms with Crippen molar-refractivity contribution in [1.82, 2.24) is 14.5 Å². The summed E-state index contributed by atoms with van der Waals surface area (Å²) in [5.41, 5.74) is -4.26. The molecule has 5 aromatic rings. The first-order valence-corrected chi connectivity index (χ1v) is 13.7. The van der Waals surface area contributed by atoms with E-state index in [1.807, 2.05) is 6.07 Å². The van der Waals surface area contributed by atoms with Gasteiger partial charge < -0.3 is 25.8 Å². The molecule has 0 amide bonds. The number of ketones is 3. The fourth-order valence-electron chi connectivity index (χ4n) is 5.89. The SMILES string of the molecule is N#Cc1cn([C@@]2(C(=O)C(O)c3ccccc3)OC[C@@](O)(C(=O)c3ccccc3)[C@@]2(O)C(=O)c2ccccc2)c2ncnc(N)c12. The van der Waals surface area contributed by atoms with E-state index in [1.165, 1.54) is 60.7 Å². The minimum absolute atomic E-state index is 0.0516. The first kappa shape index (κ1) is 29.5. The topological polar surface area (TPSA) is 202 Å². The molecule has 12 nitrogen and oxygen atoms in total. The van der Waals surface area contributed by atoms with Gasteiger partial charge in [-0.25, -0.2) is 9.97 Å². The van der Waals surface area contributed by atoms with Gasteiger partial charge in [0.25, 0.3) is 0 Å². The predicted molar refractivity (Wildman–Crippen MR) is 158 cm³/mol. The lowest BCUT2D eigenvalue weighted by Gasteiger charge is -2.44. The highest BCUT2D eigenvalue weighted by atomic mass is 16.6. The molecule has 0 radical (unpaired) electrons. The maximum atomic E-state index is 14.8. The number of nitrogens with zero attached hydrogens (tertiary/aromatic N) is 4. The lowest BCUT2D eigenvalue weighted by atomic mass is 9.67. The zero-order valence-electron chi connectivity index (χ0n) is 23.4. The molecular formula is C33H25N5O7. The molecule has 1 unspecified atom stereocenters. The second-order valence-electron chi connectivity index (χ2n) is 10.6. The molecule has 4 atom stereocenters. The second kappa shape index (κ2) is 10.8. The third-order valence-corrected chi connectivity index (χ3v) is 8.12. The first-order valence-electron chi connectivity index (χ1n) is 13.7.